The molecule has 0 saturated carbocycles. The molecule has 0 unspecified atom stereocenters. The molecule has 1 aromatic carbocycles. The Morgan fingerprint density at radius 2 is 2.21 bits per heavy atom. The third kappa shape index (κ3) is 2.96. The Labute approximate surface area is 113 Å². The van der Waals surface area contributed by atoms with Crippen LogP contribution < -0.4 is 10.5 Å². The second-order valence-corrected chi connectivity index (χ2v) is 5.09. The monoisotopic (exact) mass is 259 g/mol. The fourth-order valence-corrected chi connectivity index (χ4v) is 2.11. The highest BCUT2D eigenvalue weighted by molar-refractivity contribution is 5.78. The molecule has 4 heteroatoms. The summed E-state index contributed by atoms with van der Waals surface area (Å²) in [5.74, 6) is 1.71. The van der Waals surface area contributed by atoms with Crippen LogP contribution in [-0.2, 0) is 13.1 Å². The van der Waals surface area contributed by atoms with Crippen LogP contribution in [0.4, 0.5) is 0 Å². The zero-order chi connectivity index (χ0) is 14.0. The third-order valence-corrected chi connectivity index (χ3v) is 2.78. The number of nitrogens with zero attached hydrogens (tertiary/aromatic N) is 2. The van der Waals surface area contributed by atoms with Crippen molar-refractivity contribution < 1.29 is 4.74 Å². The highest BCUT2D eigenvalue weighted by Crippen LogP contribution is 2.23. The Morgan fingerprint density at radius 1 is 1.47 bits per heavy atom. The average molecular weight is 259 g/mol. The van der Waals surface area contributed by atoms with Gasteiger partial charge in [-0.3, -0.25) is 0 Å². The van der Waals surface area contributed by atoms with Gasteiger partial charge >= 0.3 is 0 Å². The minimum absolute atomic E-state index is 0.156. The molecule has 0 radical (unpaired) electrons. The SMILES string of the molecule is C=C(C)Cn1c(CN)nc2cc(OC(C)C)ccc21. The minimum Gasteiger partial charge on any atom is -0.491 e. The van der Waals surface area contributed by atoms with Crippen LogP contribution in [0.3, 0.4) is 0 Å². The van der Waals surface area contributed by atoms with Crippen molar-refractivity contribution in [2.45, 2.75) is 40.0 Å². The van der Waals surface area contributed by atoms with Crippen LogP contribution >= 0.6 is 0 Å². The lowest BCUT2D eigenvalue weighted by Gasteiger charge is -2.10. The van der Waals surface area contributed by atoms with Crippen LogP contribution in [0, 0.1) is 0 Å². The van der Waals surface area contributed by atoms with Gasteiger partial charge in [0.1, 0.15) is 11.6 Å². The molecule has 0 bridgehead atoms. The lowest BCUT2D eigenvalue weighted by atomic mass is 10.2. The second-order valence-electron chi connectivity index (χ2n) is 5.09. The van der Waals surface area contributed by atoms with Gasteiger partial charge in [0, 0.05) is 12.6 Å². The maximum Gasteiger partial charge on any atom is 0.123 e. The molecule has 4 nitrogen and oxygen atoms in total. The van der Waals surface area contributed by atoms with E-state index in [2.05, 4.69) is 16.1 Å². The predicted molar refractivity (Wildman–Crippen MR) is 78.2 cm³/mol. The van der Waals surface area contributed by atoms with Crippen molar-refractivity contribution >= 4 is 11.0 Å². The molecule has 0 fully saturated rings. The topological polar surface area (TPSA) is 53.1 Å². The number of allylic oxidation sites excluding steroid dienone is 1. The molecular weight excluding hydrogens is 238 g/mol. The largest absolute Gasteiger partial charge is 0.491 e. The van der Waals surface area contributed by atoms with Gasteiger partial charge in [0.2, 0.25) is 0 Å². The quantitative estimate of drug-likeness (QED) is 0.840. The normalized spacial score (nSPS) is 11.2. The van der Waals surface area contributed by atoms with Crippen LogP contribution in [0.2, 0.25) is 0 Å². The Kier molecular flexibility index (Phi) is 3.90. The molecule has 0 atom stereocenters. The molecule has 2 N–H and O–H groups in total. The van der Waals surface area contributed by atoms with Crippen molar-refractivity contribution in [2.24, 2.45) is 5.73 Å². The van der Waals surface area contributed by atoms with E-state index in [4.69, 9.17) is 10.5 Å². The van der Waals surface area contributed by atoms with Gasteiger partial charge in [0.05, 0.1) is 23.7 Å². The van der Waals surface area contributed by atoms with E-state index in [0.29, 0.717) is 6.54 Å². The van der Waals surface area contributed by atoms with Gasteiger partial charge in [-0.2, -0.15) is 0 Å². The second kappa shape index (κ2) is 5.45. The molecule has 2 rings (SSSR count). The average Bonchev–Trinajstić information content (AvgIpc) is 2.65. The summed E-state index contributed by atoms with van der Waals surface area (Å²) in [7, 11) is 0. The number of imidazole rings is 1. The van der Waals surface area contributed by atoms with Gasteiger partial charge < -0.3 is 15.0 Å². The molecule has 1 heterocycles. The van der Waals surface area contributed by atoms with Crippen molar-refractivity contribution in [3.05, 3.63) is 36.2 Å². The number of aromatic nitrogens is 2. The Morgan fingerprint density at radius 3 is 2.79 bits per heavy atom. The van der Waals surface area contributed by atoms with Crippen molar-refractivity contribution in [3.8, 4) is 5.75 Å². The lowest BCUT2D eigenvalue weighted by Crippen LogP contribution is -2.09. The molecule has 19 heavy (non-hydrogen) atoms. The Balaban J connectivity index is 2.47. The summed E-state index contributed by atoms with van der Waals surface area (Å²) in [6.45, 7) is 11.1. The first-order chi connectivity index (χ1) is 9.01. The third-order valence-electron chi connectivity index (χ3n) is 2.78. The fraction of sp³-hybridized carbons (Fsp3) is 0.400. The summed E-state index contributed by atoms with van der Waals surface area (Å²) in [4.78, 5) is 4.57. The zero-order valence-corrected chi connectivity index (χ0v) is 11.8. The van der Waals surface area contributed by atoms with Crippen LogP contribution in [0.1, 0.15) is 26.6 Å². The van der Waals surface area contributed by atoms with Gasteiger partial charge in [-0.25, -0.2) is 4.98 Å². The van der Waals surface area contributed by atoms with E-state index in [1.54, 1.807) is 0 Å². The molecule has 1 aromatic heterocycles. The molecule has 2 aromatic rings. The standard InChI is InChI=1S/C15H21N3O/c1-10(2)9-18-14-6-5-12(19-11(3)4)7-13(14)17-15(18)8-16/h5-7,11H,1,8-9,16H2,2-4H3. The first-order valence-corrected chi connectivity index (χ1v) is 6.51. The van der Waals surface area contributed by atoms with Crippen LogP contribution in [0.25, 0.3) is 11.0 Å². The van der Waals surface area contributed by atoms with E-state index in [0.717, 1.165) is 34.7 Å². The number of hydrogen-bond donors (Lipinski definition) is 1. The summed E-state index contributed by atoms with van der Waals surface area (Å²) in [6, 6.07) is 5.96. The molecule has 0 aliphatic rings. The molecular formula is C15H21N3O. The van der Waals surface area contributed by atoms with Gasteiger partial charge in [0.15, 0.2) is 0 Å². The van der Waals surface area contributed by atoms with Crippen LogP contribution in [0.5, 0.6) is 5.75 Å². The summed E-state index contributed by atoms with van der Waals surface area (Å²) in [5.41, 5.74) is 8.83. The van der Waals surface area contributed by atoms with Gasteiger partial charge in [0.25, 0.3) is 0 Å². The summed E-state index contributed by atoms with van der Waals surface area (Å²) in [6.07, 6.45) is 0.156. The molecule has 0 aliphatic carbocycles. The van der Waals surface area contributed by atoms with E-state index in [1.165, 1.54) is 0 Å². The Hall–Kier alpha value is -1.81. The molecule has 0 saturated heterocycles. The fourth-order valence-electron chi connectivity index (χ4n) is 2.11. The lowest BCUT2D eigenvalue weighted by molar-refractivity contribution is 0.242. The van der Waals surface area contributed by atoms with E-state index in [1.807, 2.05) is 39.0 Å². The minimum atomic E-state index is 0.156. The van der Waals surface area contributed by atoms with E-state index < -0.39 is 0 Å². The number of rotatable bonds is 5. The number of ether oxygens (including phenoxy) is 1. The Bertz CT molecular complexity index is 599. The van der Waals surface area contributed by atoms with Crippen LogP contribution in [0.15, 0.2) is 30.4 Å². The maximum absolute atomic E-state index is 5.76. The van der Waals surface area contributed by atoms with E-state index in [9.17, 15) is 0 Å². The molecule has 0 aliphatic heterocycles. The van der Waals surface area contributed by atoms with Crippen molar-refractivity contribution in [3.63, 3.8) is 0 Å². The van der Waals surface area contributed by atoms with E-state index >= 15 is 0 Å². The highest BCUT2D eigenvalue weighted by Gasteiger charge is 2.10. The highest BCUT2D eigenvalue weighted by atomic mass is 16.5. The van der Waals surface area contributed by atoms with Crippen LogP contribution in [-0.4, -0.2) is 15.7 Å². The number of fused-ring (bicyclic) bond motifs is 1. The van der Waals surface area contributed by atoms with E-state index in [-0.39, 0.29) is 6.10 Å². The molecule has 102 valence electrons. The maximum atomic E-state index is 5.76. The smallest absolute Gasteiger partial charge is 0.123 e. The van der Waals surface area contributed by atoms with Crippen molar-refractivity contribution in [1.82, 2.24) is 9.55 Å². The first kappa shape index (κ1) is 13.6. The van der Waals surface area contributed by atoms with Crippen molar-refractivity contribution in [1.29, 1.82) is 0 Å². The number of benzene rings is 1. The van der Waals surface area contributed by atoms with Gasteiger partial charge in [-0.1, -0.05) is 12.2 Å². The summed E-state index contributed by atoms with van der Waals surface area (Å²) in [5, 5.41) is 0. The van der Waals surface area contributed by atoms with Gasteiger partial charge in [-0.05, 0) is 32.9 Å². The summed E-state index contributed by atoms with van der Waals surface area (Å²) < 4.78 is 7.80. The first-order valence-electron chi connectivity index (χ1n) is 6.51. The molecule has 0 amide bonds. The predicted octanol–water partition coefficient (Wildman–Crippen LogP) is 2.86. The zero-order valence-electron chi connectivity index (χ0n) is 11.8. The summed E-state index contributed by atoms with van der Waals surface area (Å²) >= 11 is 0. The van der Waals surface area contributed by atoms with Crippen molar-refractivity contribution in [2.75, 3.05) is 0 Å². The molecule has 0 spiro atoms. The number of nitrogens with two attached hydrogens (primary N) is 1. The van der Waals surface area contributed by atoms with Gasteiger partial charge in [-0.15, -0.1) is 0 Å². The number of hydrogen-bond acceptors (Lipinski definition) is 3.